The number of hydrogen-bond donors (Lipinski definition) is 2. The van der Waals surface area contributed by atoms with Crippen molar-refractivity contribution in [3.05, 3.63) is 35.4 Å². The van der Waals surface area contributed by atoms with Gasteiger partial charge in [-0.05, 0) is 49.7 Å². The van der Waals surface area contributed by atoms with Crippen LogP contribution in [0.4, 0.5) is 0 Å². The Balaban J connectivity index is 2.10. The summed E-state index contributed by atoms with van der Waals surface area (Å²) >= 11 is 0. The second kappa shape index (κ2) is 16.1. The van der Waals surface area contributed by atoms with Crippen LogP contribution in [0.3, 0.4) is 0 Å². The van der Waals surface area contributed by atoms with Gasteiger partial charge in [0.2, 0.25) is 0 Å². The molecule has 4 nitrogen and oxygen atoms in total. The molecule has 0 spiro atoms. The Morgan fingerprint density at radius 1 is 0.536 bits per heavy atom. The van der Waals surface area contributed by atoms with Gasteiger partial charge in [-0.25, -0.2) is 0 Å². The topological polar surface area (TPSA) is 74.6 Å². The second-order valence-electron chi connectivity index (χ2n) is 7.80. The molecule has 0 heterocycles. The number of aryl methyl sites for hydroxylation is 2. The van der Waals surface area contributed by atoms with Crippen LogP contribution in [0.2, 0.25) is 0 Å². The van der Waals surface area contributed by atoms with Gasteiger partial charge in [0.05, 0.1) is 0 Å². The van der Waals surface area contributed by atoms with Gasteiger partial charge in [0.25, 0.3) is 0 Å². The molecule has 0 unspecified atom stereocenters. The van der Waals surface area contributed by atoms with Crippen LogP contribution >= 0.6 is 0 Å². The van der Waals surface area contributed by atoms with Crippen LogP contribution in [0.1, 0.15) is 101 Å². The number of carboxylic acids is 2. The number of benzene rings is 1. The largest absolute Gasteiger partial charge is 0.481 e. The number of rotatable bonds is 18. The summed E-state index contributed by atoms with van der Waals surface area (Å²) in [7, 11) is 0. The molecule has 0 atom stereocenters. The fraction of sp³-hybridized carbons (Fsp3) is 0.667. The van der Waals surface area contributed by atoms with Crippen molar-refractivity contribution in [2.75, 3.05) is 0 Å². The zero-order valence-electron chi connectivity index (χ0n) is 17.3. The Kier molecular flexibility index (Phi) is 14.0. The van der Waals surface area contributed by atoms with E-state index >= 15 is 0 Å². The third kappa shape index (κ3) is 13.3. The average molecular weight is 391 g/mol. The standard InChI is InChI=1S/C24H38O4/c25-23(26)19-11-7-3-1-5-9-15-21-17-13-14-18-22(21)16-10-6-2-4-8-12-20-24(27)28/h13-14,17-18H,1-12,15-16,19-20H2,(H,25,26)(H,27,28). The first-order valence-corrected chi connectivity index (χ1v) is 11.1. The molecule has 0 aliphatic heterocycles. The highest BCUT2D eigenvalue weighted by Gasteiger charge is 2.03. The Morgan fingerprint density at radius 3 is 1.21 bits per heavy atom. The molecule has 0 fully saturated rings. The highest BCUT2D eigenvalue weighted by molar-refractivity contribution is 5.66. The zero-order valence-corrected chi connectivity index (χ0v) is 17.3. The van der Waals surface area contributed by atoms with E-state index in [1.54, 1.807) is 0 Å². The summed E-state index contributed by atoms with van der Waals surface area (Å²) in [6.45, 7) is 0. The van der Waals surface area contributed by atoms with Gasteiger partial charge in [-0.15, -0.1) is 0 Å². The van der Waals surface area contributed by atoms with Gasteiger partial charge in [0.1, 0.15) is 0 Å². The average Bonchev–Trinajstić information content (AvgIpc) is 2.66. The monoisotopic (exact) mass is 390 g/mol. The molecule has 0 aliphatic carbocycles. The van der Waals surface area contributed by atoms with Crippen molar-refractivity contribution in [2.45, 2.75) is 103 Å². The minimum Gasteiger partial charge on any atom is -0.481 e. The molecular formula is C24H38O4. The number of hydrogen-bond acceptors (Lipinski definition) is 2. The van der Waals surface area contributed by atoms with Crippen LogP contribution in [0, 0.1) is 0 Å². The summed E-state index contributed by atoms with van der Waals surface area (Å²) in [5.74, 6) is -1.37. The molecule has 1 aromatic rings. The van der Waals surface area contributed by atoms with Crippen LogP contribution in [-0.2, 0) is 22.4 Å². The third-order valence-corrected chi connectivity index (χ3v) is 5.29. The van der Waals surface area contributed by atoms with Crippen molar-refractivity contribution < 1.29 is 19.8 Å². The molecular weight excluding hydrogens is 352 g/mol. The molecule has 158 valence electrons. The Morgan fingerprint density at radius 2 is 0.857 bits per heavy atom. The Hall–Kier alpha value is -1.84. The third-order valence-electron chi connectivity index (χ3n) is 5.29. The molecule has 28 heavy (non-hydrogen) atoms. The molecule has 0 amide bonds. The Labute approximate surface area is 170 Å². The number of carboxylic acid groups (broad SMARTS) is 2. The van der Waals surface area contributed by atoms with E-state index in [0.29, 0.717) is 12.8 Å². The predicted octanol–water partition coefficient (Wildman–Crippen LogP) is 6.40. The second-order valence-corrected chi connectivity index (χ2v) is 7.80. The van der Waals surface area contributed by atoms with Gasteiger partial charge < -0.3 is 10.2 Å². The normalized spacial score (nSPS) is 10.9. The lowest BCUT2D eigenvalue weighted by atomic mass is 9.96. The van der Waals surface area contributed by atoms with Crippen LogP contribution in [0.5, 0.6) is 0 Å². The van der Waals surface area contributed by atoms with Crippen molar-refractivity contribution in [3.63, 3.8) is 0 Å². The lowest BCUT2D eigenvalue weighted by Crippen LogP contribution is -1.96. The number of carbonyl (C=O) groups is 2. The molecule has 0 saturated heterocycles. The smallest absolute Gasteiger partial charge is 0.303 e. The first-order chi connectivity index (χ1) is 13.6. The summed E-state index contributed by atoms with van der Waals surface area (Å²) in [6, 6.07) is 8.78. The van der Waals surface area contributed by atoms with Crippen LogP contribution < -0.4 is 0 Å². The van der Waals surface area contributed by atoms with E-state index < -0.39 is 11.9 Å². The van der Waals surface area contributed by atoms with Crippen molar-refractivity contribution in [2.24, 2.45) is 0 Å². The quantitative estimate of drug-likeness (QED) is 0.284. The molecule has 0 radical (unpaired) electrons. The van der Waals surface area contributed by atoms with Crippen LogP contribution in [0.15, 0.2) is 24.3 Å². The van der Waals surface area contributed by atoms with Gasteiger partial charge in [-0.2, -0.15) is 0 Å². The SMILES string of the molecule is O=C(O)CCCCCCCCc1ccccc1CCCCCCCCC(=O)O. The maximum Gasteiger partial charge on any atom is 0.303 e. The first kappa shape index (κ1) is 24.2. The molecule has 2 N–H and O–H groups in total. The summed E-state index contributed by atoms with van der Waals surface area (Å²) in [5.41, 5.74) is 2.96. The maximum atomic E-state index is 10.5. The lowest BCUT2D eigenvalue weighted by molar-refractivity contribution is -0.138. The van der Waals surface area contributed by atoms with E-state index in [1.807, 2.05) is 0 Å². The maximum absolute atomic E-state index is 10.5. The highest BCUT2D eigenvalue weighted by atomic mass is 16.4. The molecule has 0 bridgehead atoms. The van der Waals surface area contributed by atoms with E-state index in [1.165, 1.54) is 49.7 Å². The predicted molar refractivity (Wildman–Crippen MR) is 114 cm³/mol. The van der Waals surface area contributed by atoms with Gasteiger partial charge in [0.15, 0.2) is 0 Å². The molecule has 1 aromatic carbocycles. The van der Waals surface area contributed by atoms with Crippen molar-refractivity contribution in [1.82, 2.24) is 0 Å². The minimum absolute atomic E-state index is 0.301. The fourth-order valence-electron chi connectivity index (χ4n) is 3.64. The van der Waals surface area contributed by atoms with Gasteiger partial charge in [-0.1, -0.05) is 75.6 Å². The Bertz CT molecular complexity index is 504. The zero-order chi connectivity index (χ0) is 20.5. The van der Waals surface area contributed by atoms with Gasteiger partial charge in [0, 0.05) is 12.8 Å². The molecule has 0 saturated carbocycles. The first-order valence-electron chi connectivity index (χ1n) is 11.1. The van der Waals surface area contributed by atoms with E-state index in [4.69, 9.17) is 10.2 Å². The van der Waals surface area contributed by atoms with E-state index in [0.717, 1.165) is 51.4 Å². The van der Waals surface area contributed by atoms with E-state index in [9.17, 15) is 9.59 Å². The van der Waals surface area contributed by atoms with Crippen LogP contribution in [0.25, 0.3) is 0 Å². The van der Waals surface area contributed by atoms with Crippen molar-refractivity contribution in [3.8, 4) is 0 Å². The fourth-order valence-corrected chi connectivity index (χ4v) is 3.64. The molecule has 0 aromatic heterocycles. The van der Waals surface area contributed by atoms with E-state index in [2.05, 4.69) is 24.3 Å². The minimum atomic E-state index is -0.685. The summed E-state index contributed by atoms with van der Waals surface area (Å²) in [4.78, 5) is 21.0. The summed E-state index contributed by atoms with van der Waals surface area (Å²) in [6.07, 6.45) is 16.1. The summed E-state index contributed by atoms with van der Waals surface area (Å²) < 4.78 is 0. The highest BCUT2D eigenvalue weighted by Crippen LogP contribution is 2.17. The lowest BCUT2D eigenvalue weighted by Gasteiger charge is -2.10. The van der Waals surface area contributed by atoms with Gasteiger partial charge >= 0.3 is 11.9 Å². The summed E-state index contributed by atoms with van der Waals surface area (Å²) in [5, 5.41) is 17.3. The molecule has 4 heteroatoms. The molecule has 0 aliphatic rings. The molecule has 1 rings (SSSR count). The number of aliphatic carboxylic acids is 2. The van der Waals surface area contributed by atoms with Crippen molar-refractivity contribution >= 4 is 11.9 Å². The van der Waals surface area contributed by atoms with Crippen molar-refractivity contribution in [1.29, 1.82) is 0 Å². The van der Waals surface area contributed by atoms with E-state index in [-0.39, 0.29) is 0 Å². The van der Waals surface area contributed by atoms with Crippen LogP contribution in [-0.4, -0.2) is 22.2 Å². The van der Waals surface area contributed by atoms with Gasteiger partial charge in [-0.3, -0.25) is 9.59 Å². The number of unbranched alkanes of at least 4 members (excludes halogenated alkanes) is 10.